The molecule has 0 aromatic carbocycles. The number of hydrogen-bond donors (Lipinski definition) is 1. The maximum atomic E-state index is 5.97. The Morgan fingerprint density at radius 1 is 1.19 bits per heavy atom. The van der Waals surface area contributed by atoms with E-state index in [0.29, 0.717) is 23.4 Å². The number of pyridine rings is 1. The van der Waals surface area contributed by atoms with Gasteiger partial charge in [-0.15, -0.1) is 10.2 Å². The summed E-state index contributed by atoms with van der Waals surface area (Å²) in [7, 11) is 0. The number of aromatic nitrogens is 4. The van der Waals surface area contributed by atoms with Gasteiger partial charge in [0.15, 0.2) is 0 Å². The van der Waals surface area contributed by atoms with Gasteiger partial charge in [-0.3, -0.25) is 4.98 Å². The van der Waals surface area contributed by atoms with Crippen molar-refractivity contribution in [1.82, 2.24) is 25.7 Å². The fourth-order valence-corrected chi connectivity index (χ4v) is 3.46. The average Bonchev–Trinajstić information content (AvgIpc) is 3.14. The summed E-state index contributed by atoms with van der Waals surface area (Å²) in [5.74, 6) is 1.17. The van der Waals surface area contributed by atoms with Crippen LogP contribution >= 0.6 is 0 Å². The van der Waals surface area contributed by atoms with Gasteiger partial charge in [-0.2, -0.15) is 0 Å². The fourth-order valence-electron chi connectivity index (χ4n) is 3.46. The van der Waals surface area contributed by atoms with E-state index in [1.54, 1.807) is 6.20 Å². The van der Waals surface area contributed by atoms with Crippen LogP contribution in [0.5, 0.6) is 5.88 Å². The van der Waals surface area contributed by atoms with Crippen LogP contribution in [-0.2, 0) is 11.3 Å². The van der Waals surface area contributed by atoms with Crippen molar-refractivity contribution in [2.75, 3.05) is 13.2 Å². The predicted molar refractivity (Wildman–Crippen MR) is 116 cm³/mol. The second-order valence-corrected chi connectivity index (χ2v) is 7.77. The lowest BCUT2D eigenvalue weighted by molar-refractivity contribution is 0.0818. The minimum absolute atomic E-state index is 0.273. The van der Waals surface area contributed by atoms with Crippen LogP contribution in [0.1, 0.15) is 41.1 Å². The Morgan fingerprint density at radius 2 is 2.00 bits per heavy atom. The van der Waals surface area contributed by atoms with Gasteiger partial charge in [0.2, 0.25) is 5.88 Å². The Labute approximate surface area is 181 Å². The van der Waals surface area contributed by atoms with Crippen LogP contribution in [0.25, 0.3) is 17.0 Å². The average molecular weight is 422 g/mol. The highest BCUT2D eigenvalue weighted by atomic mass is 16.5. The molecule has 162 valence electrons. The summed E-state index contributed by atoms with van der Waals surface area (Å²) >= 11 is 0. The van der Waals surface area contributed by atoms with Gasteiger partial charge in [-0.25, -0.2) is 0 Å². The molecule has 1 aliphatic rings. The molecule has 0 amide bonds. The van der Waals surface area contributed by atoms with Gasteiger partial charge in [0.25, 0.3) is 0 Å². The van der Waals surface area contributed by atoms with Crippen molar-refractivity contribution in [3.05, 3.63) is 59.2 Å². The topological polar surface area (TPSA) is 95.2 Å². The van der Waals surface area contributed by atoms with Crippen LogP contribution in [0, 0.1) is 20.8 Å². The third-order valence-electron chi connectivity index (χ3n) is 5.37. The normalized spacial score (nSPS) is 14.4. The highest BCUT2D eigenvalue weighted by Crippen LogP contribution is 2.27. The maximum Gasteiger partial charge on any atom is 0.236 e. The van der Waals surface area contributed by atoms with E-state index in [4.69, 9.17) is 14.0 Å². The molecule has 31 heavy (non-hydrogen) atoms. The predicted octanol–water partition coefficient (Wildman–Crippen LogP) is 3.77. The molecule has 1 fully saturated rings. The molecule has 0 spiro atoms. The van der Waals surface area contributed by atoms with Gasteiger partial charge in [0, 0.05) is 42.3 Å². The summed E-state index contributed by atoms with van der Waals surface area (Å²) in [4.78, 5) is 4.34. The smallest absolute Gasteiger partial charge is 0.236 e. The zero-order chi connectivity index (χ0) is 21.8. The van der Waals surface area contributed by atoms with E-state index >= 15 is 0 Å². The summed E-state index contributed by atoms with van der Waals surface area (Å²) in [6, 6.07) is 6.20. The number of nitrogens with one attached hydrogen (secondary N) is 1. The Kier molecular flexibility index (Phi) is 6.27. The van der Waals surface area contributed by atoms with E-state index in [2.05, 4.69) is 32.2 Å². The number of ether oxygens (including phenoxy) is 2. The second-order valence-electron chi connectivity index (χ2n) is 7.77. The molecule has 8 heteroatoms. The van der Waals surface area contributed by atoms with Gasteiger partial charge < -0.3 is 19.3 Å². The van der Waals surface area contributed by atoms with Gasteiger partial charge in [-0.05, 0) is 51.8 Å². The molecule has 0 aliphatic carbocycles. The molecule has 8 nitrogen and oxygen atoms in total. The molecular weight excluding hydrogens is 394 g/mol. The number of rotatable bonds is 7. The minimum atomic E-state index is 0.273. The third-order valence-corrected chi connectivity index (χ3v) is 5.37. The SMILES string of the molecule is C=C(NC1CCOCC1)c1cc(C)c(OCc2c(-c3ccc(C)nc3)noc2C)nn1. The molecule has 1 saturated heterocycles. The van der Waals surface area contributed by atoms with Crippen molar-refractivity contribution in [2.24, 2.45) is 0 Å². The minimum Gasteiger partial charge on any atom is -0.471 e. The summed E-state index contributed by atoms with van der Waals surface area (Å²) in [5, 5.41) is 16.2. The molecule has 1 aliphatic heterocycles. The number of nitrogens with zero attached hydrogens (tertiary/aromatic N) is 4. The molecule has 0 bridgehead atoms. The zero-order valence-electron chi connectivity index (χ0n) is 18.1. The molecular formula is C23H27N5O3. The largest absolute Gasteiger partial charge is 0.471 e. The Bertz CT molecular complexity index is 1060. The summed E-state index contributed by atoms with van der Waals surface area (Å²) in [6.45, 7) is 11.7. The second kappa shape index (κ2) is 9.26. The quantitative estimate of drug-likeness (QED) is 0.616. The molecule has 0 unspecified atom stereocenters. The van der Waals surface area contributed by atoms with Gasteiger partial charge in [-0.1, -0.05) is 11.7 Å². The third kappa shape index (κ3) is 4.91. The monoisotopic (exact) mass is 421 g/mol. The Morgan fingerprint density at radius 3 is 2.71 bits per heavy atom. The maximum absolute atomic E-state index is 5.97. The summed E-state index contributed by atoms with van der Waals surface area (Å²) in [5.41, 5.74) is 5.77. The standard InChI is InChI=1S/C23H27N5O3/c1-14-11-21(16(3)25-19-7-9-29-10-8-19)26-27-23(14)30-13-20-17(4)31-28-22(20)18-6-5-15(2)24-12-18/h5-6,11-12,19,25H,3,7-10,13H2,1-2,4H3. The first-order valence-corrected chi connectivity index (χ1v) is 10.4. The first kappa shape index (κ1) is 21.0. The van der Waals surface area contributed by atoms with Crippen molar-refractivity contribution >= 4 is 5.70 Å². The van der Waals surface area contributed by atoms with Gasteiger partial charge in [0.05, 0.1) is 11.3 Å². The highest BCUT2D eigenvalue weighted by Gasteiger charge is 2.18. The molecule has 1 N–H and O–H groups in total. The van der Waals surface area contributed by atoms with E-state index in [-0.39, 0.29) is 6.61 Å². The zero-order valence-corrected chi connectivity index (χ0v) is 18.1. The van der Waals surface area contributed by atoms with Crippen LogP contribution in [0.3, 0.4) is 0 Å². The lowest BCUT2D eigenvalue weighted by Crippen LogP contribution is -2.33. The first-order valence-electron chi connectivity index (χ1n) is 10.4. The van der Waals surface area contributed by atoms with Gasteiger partial charge >= 0.3 is 0 Å². The van der Waals surface area contributed by atoms with Crippen LogP contribution in [-0.4, -0.2) is 39.6 Å². The van der Waals surface area contributed by atoms with E-state index in [9.17, 15) is 0 Å². The summed E-state index contributed by atoms with van der Waals surface area (Å²) in [6.07, 6.45) is 3.71. The molecule has 4 heterocycles. The van der Waals surface area contributed by atoms with E-state index < -0.39 is 0 Å². The number of hydrogen-bond acceptors (Lipinski definition) is 8. The summed E-state index contributed by atoms with van der Waals surface area (Å²) < 4.78 is 16.8. The van der Waals surface area contributed by atoms with Crippen molar-refractivity contribution < 1.29 is 14.0 Å². The van der Waals surface area contributed by atoms with Crippen molar-refractivity contribution in [1.29, 1.82) is 0 Å². The van der Waals surface area contributed by atoms with Crippen molar-refractivity contribution in [3.63, 3.8) is 0 Å². The molecule has 3 aromatic heterocycles. The van der Waals surface area contributed by atoms with Crippen LogP contribution in [0.4, 0.5) is 0 Å². The molecule has 4 rings (SSSR count). The molecule has 0 saturated carbocycles. The fraction of sp³-hybridized carbons (Fsp3) is 0.391. The van der Waals surface area contributed by atoms with Crippen molar-refractivity contribution in [3.8, 4) is 17.1 Å². The van der Waals surface area contributed by atoms with E-state index in [0.717, 1.165) is 59.8 Å². The number of aryl methyl sites for hydroxylation is 3. The molecule has 0 atom stereocenters. The van der Waals surface area contributed by atoms with E-state index in [1.165, 1.54) is 0 Å². The van der Waals surface area contributed by atoms with Gasteiger partial charge in [0.1, 0.15) is 23.8 Å². The highest BCUT2D eigenvalue weighted by molar-refractivity contribution is 5.62. The van der Waals surface area contributed by atoms with E-state index in [1.807, 2.05) is 39.0 Å². The lowest BCUT2D eigenvalue weighted by Gasteiger charge is -2.24. The first-order chi connectivity index (χ1) is 15.0. The molecule has 3 aromatic rings. The van der Waals surface area contributed by atoms with Crippen LogP contribution in [0.2, 0.25) is 0 Å². The molecule has 0 radical (unpaired) electrons. The Hall–Kier alpha value is -3.26. The lowest BCUT2D eigenvalue weighted by atomic mass is 10.1. The van der Waals surface area contributed by atoms with Crippen molar-refractivity contribution in [2.45, 2.75) is 46.3 Å². The van der Waals surface area contributed by atoms with Crippen LogP contribution < -0.4 is 10.1 Å². The Balaban J connectivity index is 1.44. The van der Waals surface area contributed by atoms with Crippen LogP contribution in [0.15, 0.2) is 35.5 Å².